The highest BCUT2D eigenvalue weighted by Crippen LogP contribution is 2.35. The van der Waals surface area contributed by atoms with Crippen molar-refractivity contribution < 1.29 is 29.2 Å². The molecule has 96 valence electrons. The number of aliphatic hydroxyl groups is 2. The zero-order valence-corrected chi connectivity index (χ0v) is 9.75. The Labute approximate surface area is 98.8 Å². The van der Waals surface area contributed by atoms with Gasteiger partial charge in [0.15, 0.2) is 0 Å². The van der Waals surface area contributed by atoms with Gasteiger partial charge >= 0.3 is 5.97 Å². The van der Waals surface area contributed by atoms with Gasteiger partial charge in [-0.1, -0.05) is 0 Å². The molecule has 0 radical (unpaired) electrons. The van der Waals surface area contributed by atoms with Crippen molar-refractivity contribution in [3.63, 3.8) is 0 Å². The van der Waals surface area contributed by atoms with Crippen LogP contribution in [0.5, 0.6) is 0 Å². The van der Waals surface area contributed by atoms with E-state index in [9.17, 15) is 15.0 Å². The van der Waals surface area contributed by atoms with Crippen LogP contribution in [0.4, 0.5) is 0 Å². The van der Waals surface area contributed by atoms with Crippen LogP contribution >= 0.6 is 0 Å². The Bertz CT molecular complexity index is 352. The molecule has 2 heterocycles. The highest BCUT2D eigenvalue weighted by atomic mass is 16.6. The monoisotopic (exact) mass is 244 g/mol. The van der Waals surface area contributed by atoms with Gasteiger partial charge in [0.1, 0.15) is 23.9 Å². The second-order valence-corrected chi connectivity index (χ2v) is 4.41. The Morgan fingerprint density at radius 2 is 2.24 bits per heavy atom. The van der Waals surface area contributed by atoms with Gasteiger partial charge in [0.25, 0.3) is 0 Å². The van der Waals surface area contributed by atoms with E-state index in [1.807, 2.05) is 0 Å². The first-order chi connectivity index (χ1) is 7.98. The van der Waals surface area contributed by atoms with Crippen LogP contribution in [0.25, 0.3) is 0 Å². The van der Waals surface area contributed by atoms with Crippen LogP contribution in [0.1, 0.15) is 6.92 Å². The molecule has 0 aliphatic carbocycles. The number of esters is 1. The summed E-state index contributed by atoms with van der Waals surface area (Å²) in [6, 6.07) is 0. The average molecular weight is 244 g/mol. The van der Waals surface area contributed by atoms with Crippen molar-refractivity contribution in [2.45, 2.75) is 30.8 Å². The number of rotatable bonds is 2. The van der Waals surface area contributed by atoms with Crippen molar-refractivity contribution in [1.29, 1.82) is 0 Å². The molecule has 0 bridgehead atoms. The van der Waals surface area contributed by atoms with E-state index in [1.165, 1.54) is 13.2 Å². The Morgan fingerprint density at radius 3 is 2.88 bits per heavy atom. The van der Waals surface area contributed by atoms with Gasteiger partial charge in [0, 0.05) is 5.57 Å². The van der Waals surface area contributed by atoms with Crippen LogP contribution in [0.2, 0.25) is 0 Å². The van der Waals surface area contributed by atoms with Crippen molar-refractivity contribution in [2.75, 3.05) is 20.3 Å². The summed E-state index contributed by atoms with van der Waals surface area (Å²) in [4.78, 5) is 11.3. The summed E-state index contributed by atoms with van der Waals surface area (Å²) in [7, 11) is 1.27. The molecule has 2 aliphatic rings. The molecule has 17 heavy (non-hydrogen) atoms. The van der Waals surface area contributed by atoms with Gasteiger partial charge in [-0.15, -0.1) is 0 Å². The molecule has 2 fully saturated rings. The Hall–Kier alpha value is -0.950. The third-order valence-corrected chi connectivity index (χ3v) is 3.10. The number of hydrogen-bond acceptors (Lipinski definition) is 6. The van der Waals surface area contributed by atoms with Crippen LogP contribution < -0.4 is 0 Å². The van der Waals surface area contributed by atoms with Crippen LogP contribution in [0.15, 0.2) is 11.6 Å². The lowest BCUT2D eigenvalue weighted by atomic mass is 9.94. The fraction of sp³-hybridized carbons (Fsp3) is 0.727. The molecule has 2 rings (SSSR count). The van der Waals surface area contributed by atoms with Crippen molar-refractivity contribution in [3.05, 3.63) is 11.6 Å². The molecule has 0 aromatic rings. The minimum absolute atomic E-state index is 0.00622. The molecule has 0 unspecified atom stereocenters. The van der Waals surface area contributed by atoms with Crippen molar-refractivity contribution in [1.82, 2.24) is 0 Å². The lowest BCUT2D eigenvalue weighted by Crippen LogP contribution is -2.42. The molecule has 0 aromatic heterocycles. The zero-order chi connectivity index (χ0) is 12.6. The topological polar surface area (TPSA) is 85.2 Å². The average Bonchev–Trinajstić information content (AvgIpc) is 2.81. The maximum absolute atomic E-state index is 11.3. The molecular formula is C11H16O6. The maximum Gasteiger partial charge on any atom is 0.333 e. The Balaban J connectivity index is 2.18. The summed E-state index contributed by atoms with van der Waals surface area (Å²) in [6.45, 7) is 1.67. The normalized spacial score (nSPS) is 41.4. The molecule has 2 aliphatic heterocycles. The molecule has 2 saturated heterocycles. The highest BCUT2D eigenvalue weighted by molar-refractivity contribution is 5.87. The standard InChI is InChI=1S/C11H16O6/c1-6(10(13)15-2)3-11(14)5-17-8-7(12)4-16-9(8)11/h3,7-9,12,14H,4-5H2,1-2H3/t7-,8-,9+,11-/m1/s1. The van der Waals surface area contributed by atoms with Crippen molar-refractivity contribution in [3.8, 4) is 0 Å². The van der Waals surface area contributed by atoms with Crippen LogP contribution in [0, 0.1) is 0 Å². The largest absolute Gasteiger partial charge is 0.466 e. The number of methoxy groups -OCH3 is 1. The first kappa shape index (κ1) is 12.5. The van der Waals surface area contributed by atoms with Gasteiger partial charge in [0.05, 0.1) is 20.3 Å². The van der Waals surface area contributed by atoms with Gasteiger partial charge in [-0.2, -0.15) is 0 Å². The van der Waals surface area contributed by atoms with E-state index in [2.05, 4.69) is 4.74 Å². The summed E-state index contributed by atoms with van der Waals surface area (Å²) in [6.07, 6.45) is -0.540. The quantitative estimate of drug-likeness (QED) is 0.478. The summed E-state index contributed by atoms with van der Waals surface area (Å²) in [5, 5.41) is 19.9. The van der Waals surface area contributed by atoms with Crippen LogP contribution in [0.3, 0.4) is 0 Å². The summed E-state index contributed by atoms with van der Waals surface area (Å²) < 4.78 is 15.1. The van der Waals surface area contributed by atoms with Crippen molar-refractivity contribution >= 4 is 5.97 Å². The van der Waals surface area contributed by atoms with E-state index in [1.54, 1.807) is 6.92 Å². The number of carbonyl (C=O) groups excluding carboxylic acids is 1. The van der Waals surface area contributed by atoms with Gasteiger partial charge in [0.2, 0.25) is 0 Å². The van der Waals surface area contributed by atoms with Gasteiger partial charge in [-0.05, 0) is 13.0 Å². The SMILES string of the molecule is COC(=O)C(C)=C[C@@]1(O)CO[C@@H]2[C@H](O)CO[C@@H]21. The first-order valence-corrected chi connectivity index (χ1v) is 5.39. The van der Waals surface area contributed by atoms with E-state index in [0.29, 0.717) is 0 Å². The number of fused-ring (bicyclic) bond motifs is 1. The second-order valence-electron chi connectivity index (χ2n) is 4.41. The summed E-state index contributed by atoms with van der Waals surface area (Å²) in [5.41, 5.74) is -1.11. The lowest BCUT2D eigenvalue weighted by Gasteiger charge is -2.23. The predicted octanol–water partition coefficient (Wildman–Crippen LogP) is -1.00. The smallest absolute Gasteiger partial charge is 0.333 e. The Morgan fingerprint density at radius 1 is 1.53 bits per heavy atom. The molecule has 6 nitrogen and oxygen atoms in total. The van der Waals surface area contributed by atoms with Gasteiger partial charge < -0.3 is 24.4 Å². The maximum atomic E-state index is 11.3. The molecule has 0 saturated carbocycles. The predicted molar refractivity (Wildman–Crippen MR) is 56.2 cm³/mol. The van der Waals surface area contributed by atoms with E-state index in [0.717, 1.165) is 0 Å². The first-order valence-electron chi connectivity index (χ1n) is 5.39. The van der Waals surface area contributed by atoms with E-state index >= 15 is 0 Å². The summed E-state index contributed by atoms with van der Waals surface area (Å²) in [5.74, 6) is -0.513. The minimum Gasteiger partial charge on any atom is -0.466 e. The van der Waals surface area contributed by atoms with Gasteiger partial charge in [-0.25, -0.2) is 4.79 Å². The fourth-order valence-corrected chi connectivity index (χ4v) is 2.25. The molecular weight excluding hydrogens is 228 g/mol. The summed E-state index contributed by atoms with van der Waals surface area (Å²) >= 11 is 0. The third kappa shape index (κ3) is 2.09. The molecule has 2 N–H and O–H groups in total. The van der Waals surface area contributed by atoms with Gasteiger partial charge in [-0.3, -0.25) is 0 Å². The molecule has 6 heteroatoms. The lowest BCUT2D eigenvalue weighted by molar-refractivity contribution is -0.136. The van der Waals surface area contributed by atoms with Crippen LogP contribution in [-0.2, 0) is 19.0 Å². The minimum atomic E-state index is -1.39. The van der Waals surface area contributed by atoms with Crippen molar-refractivity contribution in [2.24, 2.45) is 0 Å². The molecule has 0 spiro atoms. The molecule has 0 aromatic carbocycles. The van der Waals surface area contributed by atoms with E-state index in [-0.39, 0.29) is 18.8 Å². The molecule has 0 amide bonds. The molecule has 4 atom stereocenters. The number of hydrogen-bond donors (Lipinski definition) is 2. The third-order valence-electron chi connectivity index (χ3n) is 3.10. The van der Waals surface area contributed by atoms with E-state index < -0.39 is 29.9 Å². The second kappa shape index (κ2) is 4.38. The van der Waals surface area contributed by atoms with Crippen LogP contribution in [-0.4, -0.2) is 60.4 Å². The fourth-order valence-electron chi connectivity index (χ4n) is 2.25. The number of aliphatic hydroxyl groups excluding tert-OH is 1. The zero-order valence-electron chi connectivity index (χ0n) is 9.75. The number of carbonyl (C=O) groups is 1. The van der Waals surface area contributed by atoms with E-state index in [4.69, 9.17) is 9.47 Å². The Kier molecular flexibility index (Phi) is 3.22. The highest BCUT2D eigenvalue weighted by Gasteiger charge is 2.54. The number of ether oxygens (including phenoxy) is 3.